The van der Waals surface area contributed by atoms with Crippen LogP contribution in [-0.4, -0.2) is 23.0 Å². The number of hydrogen-bond acceptors (Lipinski definition) is 3. The Bertz CT molecular complexity index is 623. The van der Waals surface area contributed by atoms with E-state index in [1.54, 1.807) is 0 Å². The highest BCUT2D eigenvalue weighted by molar-refractivity contribution is 5.95. The lowest BCUT2D eigenvalue weighted by Crippen LogP contribution is -2.54. The van der Waals surface area contributed by atoms with Gasteiger partial charge >= 0.3 is 0 Å². The summed E-state index contributed by atoms with van der Waals surface area (Å²) in [5.74, 6) is 0.670. The van der Waals surface area contributed by atoms with Gasteiger partial charge in [0.15, 0.2) is 0 Å². The summed E-state index contributed by atoms with van der Waals surface area (Å²) in [6.45, 7) is 3.64. The monoisotopic (exact) mass is 303 g/mol. The molecule has 2 fully saturated rings. The number of fused-ring (bicyclic) bond motifs is 2. The van der Waals surface area contributed by atoms with Gasteiger partial charge in [0, 0.05) is 17.8 Å². The predicted octanol–water partition coefficient (Wildman–Crippen LogP) is 1.63. The largest absolute Gasteiger partial charge is 0.349 e. The zero-order valence-electron chi connectivity index (χ0n) is 13.3. The molecule has 0 radical (unpaired) electrons. The number of amides is 1. The van der Waals surface area contributed by atoms with Gasteiger partial charge in [-0.25, -0.2) is 0 Å². The third-order valence-corrected chi connectivity index (χ3v) is 5.27. The molecule has 5 nitrogen and oxygen atoms in total. The lowest BCUT2D eigenvalue weighted by molar-refractivity contribution is 0.0754. The van der Waals surface area contributed by atoms with Crippen molar-refractivity contribution in [3.05, 3.63) is 33.2 Å². The van der Waals surface area contributed by atoms with Crippen LogP contribution in [0.4, 0.5) is 0 Å². The van der Waals surface area contributed by atoms with Crippen LogP contribution in [0, 0.1) is 25.7 Å². The van der Waals surface area contributed by atoms with Crippen molar-refractivity contribution in [1.82, 2.24) is 10.3 Å². The number of pyridine rings is 1. The van der Waals surface area contributed by atoms with Crippen LogP contribution >= 0.6 is 0 Å². The van der Waals surface area contributed by atoms with E-state index in [9.17, 15) is 9.59 Å². The first-order valence-electron chi connectivity index (χ1n) is 8.22. The second kappa shape index (κ2) is 5.88. The Kier molecular flexibility index (Phi) is 4.08. The molecule has 0 aromatic carbocycles. The van der Waals surface area contributed by atoms with Crippen molar-refractivity contribution in [2.45, 2.75) is 58.0 Å². The van der Waals surface area contributed by atoms with E-state index in [-0.39, 0.29) is 29.1 Å². The fourth-order valence-corrected chi connectivity index (χ4v) is 4.38. The van der Waals surface area contributed by atoms with E-state index in [0.717, 1.165) is 36.9 Å². The molecule has 0 aliphatic heterocycles. The van der Waals surface area contributed by atoms with Crippen LogP contribution in [0.3, 0.4) is 0 Å². The Morgan fingerprint density at radius 2 is 1.91 bits per heavy atom. The fourth-order valence-electron chi connectivity index (χ4n) is 4.38. The number of aromatic amines is 1. The van der Waals surface area contributed by atoms with Gasteiger partial charge in [-0.15, -0.1) is 0 Å². The van der Waals surface area contributed by atoms with Gasteiger partial charge in [0.25, 0.3) is 11.5 Å². The van der Waals surface area contributed by atoms with Crippen molar-refractivity contribution in [2.24, 2.45) is 17.6 Å². The van der Waals surface area contributed by atoms with Gasteiger partial charge in [0.05, 0.1) is 0 Å². The van der Waals surface area contributed by atoms with Crippen molar-refractivity contribution in [3.63, 3.8) is 0 Å². The summed E-state index contributed by atoms with van der Waals surface area (Å²) in [6, 6.07) is 2.27. The minimum atomic E-state index is -0.298. The summed E-state index contributed by atoms with van der Waals surface area (Å²) in [6.07, 6.45) is 5.42. The SMILES string of the molecule is Cc1cc(C)c(C(=O)NC2C3CCCC2CC(N)C3)c(=O)[nH]1. The van der Waals surface area contributed by atoms with E-state index in [1.807, 2.05) is 19.9 Å². The molecule has 22 heavy (non-hydrogen) atoms. The van der Waals surface area contributed by atoms with Crippen molar-refractivity contribution in [2.75, 3.05) is 0 Å². The van der Waals surface area contributed by atoms with E-state index >= 15 is 0 Å². The van der Waals surface area contributed by atoms with Gasteiger partial charge < -0.3 is 16.0 Å². The molecule has 2 bridgehead atoms. The first-order chi connectivity index (χ1) is 10.5. The van der Waals surface area contributed by atoms with Crippen molar-refractivity contribution in [1.29, 1.82) is 0 Å². The average molecular weight is 303 g/mol. The summed E-state index contributed by atoms with van der Waals surface area (Å²) in [4.78, 5) is 27.4. The maximum absolute atomic E-state index is 12.6. The van der Waals surface area contributed by atoms with Crippen LogP contribution in [-0.2, 0) is 0 Å². The molecule has 2 aliphatic rings. The van der Waals surface area contributed by atoms with Crippen LogP contribution < -0.4 is 16.6 Å². The average Bonchev–Trinajstić information content (AvgIpc) is 2.38. The number of aryl methyl sites for hydroxylation is 2. The molecule has 1 aromatic heterocycles. The normalized spacial score (nSPS) is 30.9. The molecule has 5 heteroatoms. The molecule has 1 heterocycles. The molecule has 2 saturated carbocycles. The number of nitrogens with two attached hydrogens (primary N) is 1. The first-order valence-corrected chi connectivity index (χ1v) is 8.22. The number of hydrogen-bond donors (Lipinski definition) is 3. The smallest absolute Gasteiger partial charge is 0.261 e. The molecular weight excluding hydrogens is 278 g/mol. The van der Waals surface area contributed by atoms with Crippen molar-refractivity contribution < 1.29 is 4.79 Å². The Labute approximate surface area is 130 Å². The molecule has 1 aromatic rings. The maximum atomic E-state index is 12.6. The van der Waals surface area contributed by atoms with Crippen molar-refractivity contribution >= 4 is 5.91 Å². The Hall–Kier alpha value is -1.62. The number of H-pyrrole nitrogens is 1. The maximum Gasteiger partial charge on any atom is 0.261 e. The number of carbonyl (C=O) groups excluding carboxylic acids is 1. The summed E-state index contributed by atoms with van der Waals surface area (Å²) in [5.41, 5.74) is 7.59. The summed E-state index contributed by atoms with van der Waals surface area (Å²) in [5, 5.41) is 3.14. The number of nitrogens with one attached hydrogen (secondary N) is 2. The summed E-state index contributed by atoms with van der Waals surface area (Å²) < 4.78 is 0. The highest BCUT2D eigenvalue weighted by Gasteiger charge is 2.40. The van der Waals surface area contributed by atoms with E-state index in [0.29, 0.717) is 11.8 Å². The summed E-state index contributed by atoms with van der Waals surface area (Å²) in [7, 11) is 0. The van der Waals surface area contributed by atoms with Gasteiger partial charge in [0.1, 0.15) is 5.56 Å². The van der Waals surface area contributed by atoms with E-state index in [4.69, 9.17) is 5.73 Å². The molecule has 0 saturated heterocycles. The van der Waals surface area contributed by atoms with Gasteiger partial charge in [-0.3, -0.25) is 9.59 Å². The third-order valence-electron chi connectivity index (χ3n) is 5.27. The van der Waals surface area contributed by atoms with Gasteiger partial charge in [-0.05, 0) is 63.0 Å². The zero-order chi connectivity index (χ0) is 15.9. The van der Waals surface area contributed by atoms with Gasteiger partial charge in [-0.2, -0.15) is 0 Å². The minimum Gasteiger partial charge on any atom is -0.349 e. The Balaban J connectivity index is 1.81. The third kappa shape index (κ3) is 2.82. The van der Waals surface area contributed by atoms with E-state index in [1.165, 1.54) is 6.42 Å². The van der Waals surface area contributed by atoms with Gasteiger partial charge in [-0.1, -0.05) is 6.42 Å². The zero-order valence-corrected chi connectivity index (χ0v) is 13.3. The Morgan fingerprint density at radius 1 is 1.27 bits per heavy atom. The number of rotatable bonds is 2. The highest BCUT2D eigenvalue weighted by atomic mass is 16.2. The highest BCUT2D eigenvalue weighted by Crippen LogP contribution is 2.39. The molecule has 0 spiro atoms. The number of aromatic nitrogens is 1. The minimum absolute atomic E-state index is 0.168. The van der Waals surface area contributed by atoms with Crippen LogP contribution in [0.5, 0.6) is 0 Å². The van der Waals surface area contributed by atoms with E-state index < -0.39 is 0 Å². The van der Waals surface area contributed by atoms with Gasteiger partial charge in [0.2, 0.25) is 0 Å². The predicted molar refractivity (Wildman–Crippen MR) is 85.8 cm³/mol. The molecule has 120 valence electrons. The molecule has 3 rings (SSSR count). The van der Waals surface area contributed by atoms with E-state index in [2.05, 4.69) is 10.3 Å². The Morgan fingerprint density at radius 3 is 2.50 bits per heavy atom. The second-order valence-corrected chi connectivity index (χ2v) is 7.02. The lowest BCUT2D eigenvalue weighted by Gasteiger charge is -2.45. The molecule has 2 aliphatic carbocycles. The quantitative estimate of drug-likeness (QED) is 0.776. The second-order valence-electron chi connectivity index (χ2n) is 7.02. The molecular formula is C17H25N3O2. The van der Waals surface area contributed by atoms with Crippen molar-refractivity contribution in [3.8, 4) is 0 Å². The molecule has 1 amide bonds. The van der Waals surface area contributed by atoms with Crippen LogP contribution in [0.1, 0.15) is 53.7 Å². The van der Waals surface area contributed by atoms with Crippen LogP contribution in [0.2, 0.25) is 0 Å². The molecule has 2 unspecified atom stereocenters. The topological polar surface area (TPSA) is 88.0 Å². The first kappa shape index (κ1) is 15.3. The number of carbonyl (C=O) groups is 1. The van der Waals surface area contributed by atoms with Crippen LogP contribution in [0.25, 0.3) is 0 Å². The van der Waals surface area contributed by atoms with Crippen LogP contribution in [0.15, 0.2) is 10.9 Å². The fraction of sp³-hybridized carbons (Fsp3) is 0.647. The lowest BCUT2D eigenvalue weighted by atomic mass is 9.67. The molecule has 2 atom stereocenters. The standard InChI is InChI=1S/C17H25N3O2/c1-9-6-10(2)19-16(21)14(9)17(22)20-15-11-4-3-5-12(15)8-13(18)7-11/h6,11-13,15H,3-5,7-8,18H2,1-2H3,(H,19,21)(H,20,22). The summed E-state index contributed by atoms with van der Waals surface area (Å²) >= 11 is 0. The molecule has 4 N–H and O–H groups in total.